The Kier molecular flexibility index (Phi) is 3.16. The van der Waals surface area contributed by atoms with Crippen molar-refractivity contribution in [2.45, 2.75) is 31.7 Å². The molecule has 0 aliphatic carbocycles. The molecule has 2 atom stereocenters. The molecule has 4 rings (SSSR count). The lowest BCUT2D eigenvalue weighted by molar-refractivity contribution is 0.379. The van der Waals surface area contributed by atoms with Crippen LogP contribution in [0.25, 0.3) is 16.3 Å². The zero-order valence-corrected chi connectivity index (χ0v) is 12.5. The Morgan fingerprint density at radius 1 is 1.38 bits per heavy atom. The zero-order chi connectivity index (χ0) is 14.2. The number of hydrogen-bond donors (Lipinski definition) is 1. The van der Waals surface area contributed by atoms with Crippen LogP contribution in [-0.2, 0) is 0 Å². The first-order valence-corrected chi connectivity index (χ1v) is 7.99. The molecule has 0 aromatic carbocycles. The van der Waals surface area contributed by atoms with Gasteiger partial charge in [0.15, 0.2) is 5.82 Å². The largest absolute Gasteiger partial charge is 0.314 e. The molecular weight excluding hydrogens is 284 g/mol. The number of nitrogens with zero attached hydrogens (tertiary/aromatic N) is 5. The van der Waals surface area contributed by atoms with Gasteiger partial charge in [-0.05, 0) is 38.4 Å². The average molecular weight is 300 g/mol. The summed E-state index contributed by atoms with van der Waals surface area (Å²) in [6.45, 7) is 3.29. The van der Waals surface area contributed by atoms with Crippen molar-refractivity contribution in [3.8, 4) is 11.4 Å². The molecule has 3 aromatic heterocycles. The number of hydrogen-bond acceptors (Lipinski definition) is 6. The first-order chi connectivity index (χ1) is 10.3. The van der Waals surface area contributed by atoms with Gasteiger partial charge in [0, 0.05) is 29.9 Å². The van der Waals surface area contributed by atoms with Crippen LogP contribution in [0, 0.1) is 0 Å². The van der Waals surface area contributed by atoms with E-state index in [0.717, 1.165) is 35.7 Å². The lowest BCUT2D eigenvalue weighted by Gasteiger charge is -2.26. The van der Waals surface area contributed by atoms with Crippen LogP contribution >= 0.6 is 11.3 Å². The van der Waals surface area contributed by atoms with Crippen LogP contribution in [0.5, 0.6) is 0 Å². The van der Waals surface area contributed by atoms with E-state index in [9.17, 15) is 0 Å². The number of fused-ring (bicyclic) bond motifs is 1. The highest BCUT2D eigenvalue weighted by atomic mass is 32.1. The maximum atomic E-state index is 4.76. The smallest absolute Gasteiger partial charge is 0.234 e. The molecule has 1 N–H and O–H groups in total. The maximum Gasteiger partial charge on any atom is 0.234 e. The minimum Gasteiger partial charge on any atom is -0.314 e. The summed E-state index contributed by atoms with van der Waals surface area (Å²) in [4.78, 5) is 5.00. The second kappa shape index (κ2) is 5.16. The molecule has 3 aromatic rings. The fourth-order valence-electron chi connectivity index (χ4n) is 2.83. The highest BCUT2D eigenvalue weighted by Crippen LogP contribution is 2.31. The summed E-state index contributed by atoms with van der Waals surface area (Å²) in [7, 11) is 0. The van der Waals surface area contributed by atoms with Gasteiger partial charge in [0.1, 0.15) is 5.01 Å². The molecule has 2 unspecified atom stereocenters. The Hall–Kier alpha value is -1.86. The first kappa shape index (κ1) is 12.8. The minimum atomic E-state index is 0.523. The quantitative estimate of drug-likeness (QED) is 0.785. The summed E-state index contributed by atoms with van der Waals surface area (Å²) in [5, 5.41) is 17.9. The van der Waals surface area contributed by atoms with Crippen molar-refractivity contribution >= 4 is 16.3 Å². The molecule has 0 amide bonds. The Bertz CT molecular complexity index is 749. The summed E-state index contributed by atoms with van der Waals surface area (Å²) >= 11 is 1.65. The van der Waals surface area contributed by atoms with Crippen LogP contribution in [0.4, 0.5) is 0 Å². The number of rotatable bonds is 2. The standard InChI is InChI=1S/C14H16N6S/c1-9-7-10(4-6-16-9)13-19-20-12(17-18-14(20)21-13)11-3-2-5-15-8-11/h2-3,5,8-10,16H,4,6-7H2,1H3. The molecule has 108 valence electrons. The van der Waals surface area contributed by atoms with Gasteiger partial charge in [-0.3, -0.25) is 4.98 Å². The summed E-state index contributed by atoms with van der Waals surface area (Å²) in [6, 6.07) is 4.43. The molecule has 7 heteroatoms. The minimum absolute atomic E-state index is 0.523. The monoisotopic (exact) mass is 300 g/mol. The highest BCUT2D eigenvalue weighted by molar-refractivity contribution is 7.16. The predicted molar refractivity (Wildman–Crippen MR) is 81.3 cm³/mol. The van der Waals surface area contributed by atoms with Gasteiger partial charge in [0.2, 0.25) is 4.96 Å². The van der Waals surface area contributed by atoms with Gasteiger partial charge in [0.25, 0.3) is 0 Å². The lowest BCUT2D eigenvalue weighted by Crippen LogP contribution is -2.34. The molecule has 1 fully saturated rings. The van der Waals surface area contributed by atoms with E-state index in [4.69, 9.17) is 5.10 Å². The van der Waals surface area contributed by atoms with Gasteiger partial charge in [-0.1, -0.05) is 11.3 Å². The maximum absolute atomic E-state index is 4.76. The summed E-state index contributed by atoms with van der Waals surface area (Å²) in [6.07, 6.45) is 5.82. The van der Waals surface area contributed by atoms with E-state index in [2.05, 4.69) is 27.4 Å². The van der Waals surface area contributed by atoms with Crippen molar-refractivity contribution in [2.24, 2.45) is 0 Å². The van der Waals surface area contributed by atoms with Gasteiger partial charge < -0.3 is 5.32 Å². The second-order valence-electron chi connectivity index (χ2n) is 5.48. The van der Waals surface area contributed by atoms with E-state index in [-0.39, 0.29) is 0 Å². The van der Waals surface area contributed by atoms with Crippen LogP contribution in [0.2, 0.25) is 0 Å². The molecule has 1 saturated heterocycles. The van der Waals surface area contributed by atoms with Crippen LogP contribution in [0.1, 0.15) is 30.7 Å². The van der Waals surface area contributed by atoms with Crippen molar-refractivity contribution in [1.82, 2.24) is 30.1 Å². The van der Waals surface area contributed by atoms with Gasteiger partial charge in [-0.15, -0.1) is 10.2 Å². The van der Waals surface area contributed by atoms with Gasteiger partial charge in [-0.2, -0.15) is 9.61 Å². The van der Waals surface area contributed by atoms with Crippen molar-refractivity contribution in [2.75, 3.05) is 6.54 Å². The molecule has 1 aliphatic rings. The van der Waals surface area contributed by atoms with E-state index in [1.165, 1.54) is 5.01 Å². The van der Waals surface area contributed by atoms with Crippen molar-refractivity contribution in [3.63, 3.8) is 0 Å². The molecule has 0 bridgehead atoms. The lowest BCUT2D eigenvalue weighted by atomic mass is 9.94. The number of nitrogens with one attached hydrogen (secondary N) is 1. The van der Waals surface area contributed by atoms with Crippen molar-refractivity contribution in [1.29, 1.82) is 0 Å². The third-order valence-corrected chi connectivity index (χ3v) is 4.96. The molecule has 21 heavy (non-hydrogen) atoms. The summed E-state index contributed by atoms with van der Waals surface area (Å²) in [5.41, 5.74) is 0.945. The SMILES string of the molecule is CC1CC(c2nn3c(-c4cccnc4)nnc3s2)CCN1. The molecule has 1 aliphatic heterocycles. The van der Waals surface area contributed by atoms with E-state index in [1.54, 1.807) is 23.7 Å². The van der Waals surface area contributed by atoms with E-state index >= 15 is 0 Å². The number of piperidine rings is 1. The number of aromatic nitrogens is 5. The van der Waals surface area contributed by atoms with Crippen molar-refractivity contribution in [3.05, 3.63) is 29.5 Å². The molecule has 0 spiro atoms. The van der Waals surface area contributed by atoms with E-state index < -0.39 is 0 Å². The Labute approximate surface area is 126 Å². The van der Waals surface area contributed by atoms with Crippen LogP contribution < -0.4 is 5.32 Å². The van der Waals surface area contributed by atoms with E-state index in [1.807, 2.05) is 16.6 Å². The highest BCUT2D eigenvalue weighted by Gasteiger charge is 2.24. The summed E-state index contributed by atoms with van der Waals surface area (Å²) in [5.74, 6) is 1.29. The molecule has 4 heterocycles. The summed E-state index contributed by atoms with van der Waals surface area (Å²) < 4.78 is 1.85. The third kappa shape index (κ3) is 2.32. The Morgan fingerprint density at radius 2 is 2.33 bits per heavy atom. The predicted octanol–water partition coefficient (Wildman–Crippen LogP) is 2.10. The van der Waals surface area contributed by atoms with Crippen LogP contribution in [0.15, 0.2) is 24.5 Å². The normalized spacial score (nSPS) is 22.7. The van der Waals surface area contributed by atoms with Gasteiger partial charge in [0.05, 0.1) is 0 Å². The Balaban J connectivity index is 1.72. The molecule has 0 radical (unpaired) electrons. The van der Waals surface area contributed by atoms with Crippen molar-refractivity contribution < 1.29 is 0 Å². The topological polar surface area (TPSA) is 68.0 Å². The average Bonchev–Trinajstić information content (AvgIpc) is 3.08. The fraction of sp³-hybridized carbons (Fsp3) is 0.429. The fourth-order valence-corrected chi connectivity index (χ4v) is 3.81. The molecule has 0 saturated carbocycles. The third-order valence-electron chi connectivity index (χ3n) is 3.90. The second-order valence-corrected chi connectivity index (χ2v) is 6.46. The van der Waals surface area contributed by atoms with Crippen LogP contribution in [0.3, 0.4) is 0 Å². The molecular formula is C14H16N6S. The van der Waals surface area contributed by atoms with Gasteiger partial charge >= 0.3 is 0 Å². The Morgan fingerprint density at radius 3 is 3.14 bits per heavy atom. The number of pyridine rings is 1. The van der Waals surface area contributed by atoms with E-state index in [0.29, 0.717) is 12.0 Å². The molecule has 6 nitrogen and oxygen atoms in total. The first-order valence-electron chi connectivity index (χ1n) is 7.17. The zero-order valence-electron chi connectivity index (χ0n) is 11.7. The van der Waals surface area contributed by atoms with Crippen LogP contribution in [-0.4, -0.2) is 37.4 Å². The van der Waals surface area contributed by atoms with Gasteiger partial charge in [-0.25, -0.2) is 0 Å².